The van der Waals surface area contributed by atoms with Crippen LogP contribution >= 0.6 is 0 Å². The molecule has 1 nitrogen and oxygen atoms in total. The predicted molar refractivity (Wildman–Crippen MR) is 54.6 cm³/mol. The van der Waals surface area contributed by atoms with Crippen molar-refractivity contribution in [2.75, 3.05) is 0 Å². The molecule has 2 fully saturated rings. The van der Waals surface area contributed by atoms with E-state index < -0.39 is 0 Å². The van der Waals surface area contributed by atoms with Crippen molar-refractivity contribution in [1.29, 1.82) is 0 Å². The maximum Gasteiger partial charge on any atom is 0.0609 e. The Balaban J connectivity index is 1.83. The number of rotatable bonds is 3. The molecular weight excluding hydrogens is 160 g/mol. The Kier molecular flexibility index (Phi) is 2.64. The van der Waals surface area contributed by atoms with Crippen LogP contribution in [0.5, 0.6) is 0 Å². The largest absolute Gasteiger partial charge is 0.375 e. The van der Waals surface area contributed by atoms with E-state index in [9.17, 15) is 0 Å². The van der Waals surface area contributed by atoms with E-state index in [0.29, 0.717) is 18.1 Å². The Hall–Kier alpha value is -0.0400. The highest BCUT2D eigenvalue weighted by molar-refractivity contribution is 4.91. The molecule has 0 saturated heterocycles. The van der Waals surface area contributed by atoms with Gasteiger partial charge in [-0.1, -0.05) is 13.8 Å². The van der Waals surface area contributed by atoms with Gasteiger partial charge in [-0.25, -0.2) is 0 Å². The Bertz CT molecular complexity index is 176. The lowest BCUT2D eigenvalue weighted by Crippen LogP contribution is -2.28. The zero-order chi connectivity index (χ0) is 9.42. The van der Waals surface area contributed by atoms with Gasteiger partial charge in [0.05, 0.1) is 12.2 Å². The molecule has 2 aliphatic rings. The molecule has 0 aromatic heterocycles. The van der Waals surface area contributed by atoms with E-state index in [1.165, 1.54) is 25.7 Å². The highest BCUT2D eigenvalue weighted by Gasteiger charge is 2.40. The smallest absolute Gasteiger partial charge is 0.0609 e. The van der Waals surface area contributed by atoms with Crippen molar-refractivity contribution in [2.45, 2.75) is 58.7 Å². The molecule has 2 rings (SSSR count). The molecule has 0 radical (unpaired) electrons. The molecule has 0 aromatic rings. The summed E-state index contributed by atoms with van der Waals surface area (Å²) < 4.78 is 6.11. The Morgan fingerprint density at radius 1 is 1.08 bits per heavy atom. The molecule has 0 spiro atoms. The van der Waals surface area contributed by atoms with Crippen LogP contribution in [0.2, 0.25) is 0 Å². The standard InChI is InChI=1S/C12H22O/c1-8(2)9(3)13-12-7-10-4-5-11(12)6-10/h8-12H,4-7H2,1-3H3. The van der Waals surface area contributed by atoms with Crippen LogP contribution in [0.15, 0.2) is 0 Å². The lowest BCUT2D eigenvalue weighted by Gasteiger charge is -2.27. The van der Waals surface area contributed by atoms with Gasteiger partial charge >= 0.3 is 0 Å². The fourth-order valence-corrected chi connectivity index (χ4v) is 2.79. The van der Waals surface area contributed by atoms with Crippen LogP contribution in [-0.4, -0.2) is 12.2 Å². The van der Waals surface area contributed by atoms with Crippen molar-refractivity contribution >= 4 is 0 Å². The van der Waals surface area contributed by atoms with Crippen molar-refractivity contribution in [3.8, 4) is 0 Å². The maximum absolute atomic E-state index is 6.11. The summed E-state index contributed by atoms with van der Waals surface area (Å²) in [4.78, 5) is 0. The fourth-order valence-electron chi connectivity index (χ4n) is 2.79. The third-order valence-corrected chi connectivity index (χ3v) is 4.00. The molecule has 1 heteroatoms. The lowest BCUT2D eigenvalue weighted by molar-refractivity contribution is -0.0500. The fraction of sp³-hybridized carbons (Fsp3) is 1.00. The Morgan fingerprint density at radius 3 is 2.31 bits per heavy atom. The first-order valence-electron chi connectivity index (χ1n) is 5.82. The van der Waals surface area contributed by atoms with E-state index in [0.717, 1.165) is 11.8 Å². The lowest BCUT2D eigenvalue weighted by atomic mass is 9.97. The summed E-state index contributed by atoms with van der Waals surface area (Å²) in [7, 11) is 0. The van der Waals surface area contributed by atoms with E-state index in [4.69, 9.17) is 4.74 Å². The van der Waals surface area contributed by atoms with E-state index in [1.54, 1.807) is 0 Å². The van der Waals surface area contributed by atoms with E-state index in [-0.39, 0.29) is 0 Å². The van der Waals surface area contributed by atoms with Crippen LogP contribution in [0.3, 0.4) is 0 Å². The van der Waals surface area contributed by atoms with Gasteiger partial charge in [0.15, 0.2) is 0 Å². The minimum Gasteiger partial charge on any atom is -0.375 e. The summed E-state index contributed by atoms with van der Waals surface area (Å²) in [6.07, 6.45) is 6.76. The third-order valence-electron chi connectivity index (χ3n) is 4.00. The number of hydrogen-bond donors (Lipinski definition) is 0. The summed E-state index contributed by atoms with van der Waals surface area (Å²) >= 11 is 0. The number of hydrogen-bond acceptors (Lipinski definition) is 1. The van der Waals surface area contributed by atoms with Gasteiger partial charge in [0.25, 0.3) is 0 Å². The van der Waals surface area contributed by atoms with Gasteiger partial charge in [-0.15, -0.1) is 0 Å². The highest BCUT2D eigenvalue weighted by Crippen LogP contribution is 2.46. The van der Waals surface area contributed by atoms with Crippen molar-refractivity contribution in [2.24, 2.45) is 17.8 Å². The van der Waals surface area contributed by atoms with Crippen LogP contribution in [0.1, 0.15) is 46.5 Å². The second-order valence-electron chi connectivity index (χ2n) is 5.30. The molecule has 2 bridgehead atoms. The van der Waals surface area contributed by atoms with E-state index >= 15 is 0 Å². The SMILES string of the molecule is CC(C)C(C)OC1CC2CCC1C2. The van der Waals surface area contributed by atoms with Crippen LogP contribution in [0.4, 0.5) is 0 Å². The Morgan fingerprint density at radius 2 is 1.85 bits per heavy atom. The Labute approximate surface area is 81.9 Å². The zero-order valence-electron chi connectivity index (χ0n) is 9.12. The minimum absolute atomic E-state index is 0.448. The molecule has 0 aliphatic heterocycles. The highest BCUT2D eigenvalue weighted by atomic mass is 16.5. The first-order valence-corrected chi connectivity index (χ1v) is 5.82. The third kappa shape index (κ3) is 1.90. The van der Waals surface area contributed by atoms with Crippen LogP contribution < -0.4 is 0 Å². The van der Waals surface area contributed by atoms with Crippen molar-refractivity contribution in [3.63, 3.8) is 0 Å². The molecule has 0 aromatic carbocycles. The molecule has 2 aliphatic carbocycles. The zero-order valence-corrected chi connectivity index (χ0v) is 9.12. The molecular formula is C12H22O. The molecule has 0 N–H and O–H groups in total. The molecule has 4 unspecified atom stereocenters. The van der Waals surface area contributed by atoms with Gasteiger partial charge in [-0.3, -0.25) is 0 Å². The van der Waals surface area contributed by atoms with Crippen LogP contribution in [0.25, 0.3) is 0 Å². The maximum atomic E-state index is 6.11. The molecule has 4 atom stereocenters. The van der Waals surface area contributed by atoms with E-state index in [1.807, 2.05) is 0 Å². The van der Waals surface area contributed by atoms with Gasteiger partial charge in [-0.05, 0) is 50.4 Å². The second-order valence-corrected chi connectivity index (χ2v) is 5.30. The summed E-state index contributed by atoms with van der Waals surface area (Å²) in [6, 6.07) is 0. The van der Waals surface area contributed by atoms with Gasteiger partial charge in [0.1, 0.15) is 0 Å². The van der Waals surface area contributed by atoms with Crippen molar-refractivity contribution in [3.05, 3.63) is 0 Å². The first-order chi connectivity index (χ1) is 6.16. The normalized spacial score (nSPS) is 40.2. The first kappa shape index (κ1) is 9.51. The molecule has 2 saturated carbocycles. The average Bonchev–Trinajstić information content (AvgIpc) is 2.64. The average molecular weight is 182 g/mol. The summed E-state index contributed by atoms with van der Waals surface area (Å²) in [5, 5.41) is 0. The van der Waals surface area contributed by atoms with Crippen molar-refractivity contribution < 1.29 is 4.74 Å². The number of ether oxygens (including phenoxy) is 1. The molecule has 0 amide bonds. The minimum atomic E-state index is 0.448. The summed E-state index contributed by atoms with van der Waals surface area (Å²) in [5.74, 6) is 2.58. The summed E-state index contributed by atoms with van der Waals surface area (Å²) in [6.45, 7) is 6.71. The molecule has 0 heterocycles. The monoisotopic (exact) mass is 182 g/mol. The van der Waals surface area contributed by atoms with E-state index in [2.05, 4.69) is 20.8 Å². The van der Waals surface area contributed by atoms with Gasteiger partial charge in [-0.2, -0.15) is 0 Å². The van der Waals surface area contributed by atoms with Crippen LogP contribution in [0, 0.1) is 17.8 Å². The van der Waals surface area contributed by atoms with Crippen molar-refractivity contribution in [1.82, 2.24) is 0 Å². The number of fused-ring (bicyclic) bond motifs is 2. The predicted octanol–water partition coefficient (Wildman–Crippen LogP) is 3.24. The van der Waals surface area contributed by atoms with Gasteiger partial charge in [0, 0.05) is 0 Å². The quantitative estimate of drug-likeness (QED) is 0.651. The molecule has 76 valence electrons. The topological polar surface area (TPSA) is 9.23 Å². The van der Waals surface area contributed by atoms with Crippen LogP contribution in [-0.2, 0) is 4.74 Å². The summed E-state index contributed by atoms with van der Waals surface area (Å²) in [5.41, 5.74) is 0. The van der Waals surface area contributed by atoms with Gasteiger partial charge < -0.3 is 4.74 Å². The second kappa shape index (κ2) is 3.61. The molecule has 13 heavy (non-hydrogen) atoms. The van der Waals surface area contributed by atoms with Gasteiger partial charge in [0.2, 0.25) is 0 Å².